The third-order valence-electron chi connectivity index (χ3n) is 6.74. The minimum atomic E-state index is -2.72. The van der Waals surface area contributed by atoms with Gasteiger partial charge < -0.3 is 0 Å². The van der Waals surface area contributed by atoms with E-state index < -0.39 is 13.3 Å². The fraction of sp³-hybridized carbons (Fsp3) is 0.125. The molecule has 0 spiro atoms. The van der Waals surface area contributed by atoms with Crippen LogP contribution in [0.3, 0.4) is 0 Å². The SMILES string of the molecule is Cc1cccc([C]2=C(c3ccccc3)C(c3ccccc3)=[C](c3cccc(C)c3)[Ge]2([CH3])[CH3])c1. The molecule has 162 valence electrons. The van der Waals surface area contributed by atoms with Gasteiger partial charge in [-0.1, -0.05) is 0 Å². The molecule has 0 aliphatic carbocycles. The molecule has 1 aliphatic rings. The Morgan fingerprint density at radius 2 is 0.788 bits per heavy atom. The molecule has 1 heteroatoms. The summed E-state index contributed by atoms with van der Waals surface area (Å²) in [7, 11) is 0. The summed E-state index contributed by atoms with van der Waals surface area (Å²) in [6, 6.07) is 40.3. The second kappa shape index (κ2) is 8.68. The predicted molar refractivity (Wildman–Crippen MR) is 146 cm³/mol. The molecule has 0 fully saturated rings. The third kappa shape index (κ3) is 3.94. The first-order chi connectivity index (χ1) is 16.0. The summed E-state index contributed by atoms with van der Waals surface area (Å²) in [6.45, 7) is 4.41. The predicted octanol–water partition coefficient (Wildman–Crippen LogP) is 8.63. The zero-order chi connectivity index (χ0) is 23.0. The molecule has 1 heterocycles. The van der Waals surface area contributed by atoms with Gasteiger partial charge in [-0.25, -0.2) is 0 Å². The molecule has 4 aromatic rings. The maximum absolute atomic E-state index is 2.72. The molecule has 0 nitrogen and oxygen atoms in total. The Labute approximate surface area is 200 Å². The Kier molecular flexibility index (Phi) is 5.72. The molecule has 4 aromatic carbocycles. The normalized spacial score (nSPS) is 15.3. The van der Waals surface area contributed by atoms with Crippen LogP contribution in [0, 0.1) is 13.8 Å². The Morgan fingerprint density at radius 1 is 0.424 bits per heavy atom. The zero-order valence-corrected chi connectivity index (χ0v) is 22.0. The van der Waals surface area contributed by atoms with Crippen molar-refractivity contribution in [1.29, 1.82) is 0 Å². The van der Waals surface area contributed by atoms with E-state index in [-0.39, 0.29) is 0 Å². The van der Waals surface area contributed by atoms with Crippen molar-refractivity contribution in [3.8, 4) is 0 Å². The second-order valence-electron chi connectivity index (χ2n) is 9.60. The molecular formula is C32H30Ge. The Bertz CT molecular complexity index is 1270. The van der Waals surface area contributed by atoms with Gasteiger partial charge in [-0.3, -0.25) is 0 Å². The number of allylic oxidation sites excluding steroid dienone is 2. The Morgan fingerprint density at radius 3 is 1.15 bits per heavy atom. The number of hydrogen-bond acceptors (Lipinski definition) is 0. The van der Waals surface area contributed by atoms with Crippen LogP contribution in [0.4, 0.5) is 0 Å². The van der Waals surface area contributed by atoms with Gasteiger partial charge in [-0.15, -0.1) is 0 Å². The first kappa shape index (κ1) is 21.7. The summed E-state index contributed by atoms with van der Waals surface area (Å²) in [5, 5.41) is 0. The first-order valence-corrected chi connectivity index (χ1v) is 18.0. The molecular weight excluding hydrogens is 457 g/mol. The van der Waals surface area contributed by atoms with Crippen LogP contribution in [0.5, 0.6) is 0 Å². The summed E-state index contributed by atoms with van der Waals surface area (Å²) in [6.07, 6.45) is 0. The molecule has 0 radical (unpaired) electrons. The maximum atomic E-state index is 2.58. The van der Waals surface area contributed by atoms with E-state index in [1.165, 1.54) is 44.5 Å². The Hall–Kier alpha value is -3.10. The van der Waals surface area contributed by atoms with Crippen molar-refractivity contribution in [2.75, 3.05) is 0 Å². The van der Waals surface area contributed by atoms with Gasteiger partial charge in [0.2, 0.25) is 0 Å². The molecule has 0 aromatic heterocycles. The number of hydrogen-bond donors (Lipinski definition) is 0. The van der Waals surface area contributed by atoms with E-state index in [2.05, 4.69) is 135 Å². The van der Waals surface area contributed by atoms with E-state index in [0.717, 1.165) is 0 Å². The van der Waals surface area contributed by atoms with Gasteiger partial charge >= 0.3 is 201 Å². The van der Waals surface area contributed by atoms with E-state index in [4.69, 9.17) is 0 Å². The van der Waals surface area contributed by atoms with Gasteiger partial charge in [-0.05, 0) is 0 Å². The van der Waals surface area contributed by atoms with E-state index in [1.807, 2.05) is 0 Å². The van der Waals surface area contributed by atoms with Crippen LogP contribution in [-0.4, -0.2) is 13.3 Å². The Balaban J connectivity index is 1.93. The molecule has 0 saturated carbocycles. The van der Waals surface area contributed by atoms with Crippen molar-refractivity contribution < 1.29 is 0 Å². The number of rotatable bonds is 4. The van der Waals surface area contributed by atoms with Crippen molar-refractivity contribution >= 4 is 33.2 Å². The first-order valence-electron chi connectivity index (χ1n) is 11.7. The number of aryl methyl sites for hydroxylation is 2. The van der Waals surface area contributed by atoms with Gasteiger partial charge in [0.25, 0.3) is 0 Å². The summed E-state index contributed by atoms with van der Waals surface area (Å²) in [5.41, 5.74) is 10.9. The van der Waals surface area contributed by atoms with Crippen molar-refractivity contribution in [3.63, 3.8) is 0 Å². The van der Waals surface area contributed by atoms with Gasteiger partial charge in [-0.2, -0.15) is 0 Å². The molecule has 33 heavy (non-hydrogen) atoms. The van der Waals surface area contributed by atoms with Crippen LogP contribution in [0.25, 0.3) is 20.0 Å². The standard InChI is InChI=1S/C32H30Ge/c1-23-13-11-19-27(21-23)31-29(25-15-7-5-8-16-25)30(26-17-9-6-10-18-26)32(33(31,3)4)28-20-12-14-24(2)22-28/h5-22H,1-4H3. The molecule has 0 unspecified atom stereocenters. The summed E-state index contributed by atoms with van der Waals surface area (Å²) in [5.74, 6) is 5.16. The molecule has 0 amide bonds. The monoisotopic (exact) mass is 488 g/mol. The topological polar surface area (TPSA) is 0 Å². The van der Waals surface area contributed by atoms with E-state index in [0.29, 0.717) is 0 Å². The molecule has 5 rings (SSSR count). The van der Waals surface area contributed by atoms with Crippen LogP contribution >= 0.6 is 0 Å². The van der Waals surface area contributed by atoms with Gasteiger partial charge in [0.05, 0.1) is 0 Å². The van der Waals surface area contributed by atoms with Crippen molar-refractivity contribution in [2.45, 2.75) is 25.4 Å². The molecule has 0 bridgehead atoms. The molecule has 0 N–H and O–H groups in total. The summed E-state index contributed by atoms with van der Waals surface area (Å²) >= 11 is -2.72. The summed E-state index contributed by atoms with van der Waals surface area (Å²) in [4.78, 5) is 0. The van der Waals surface area contributed by atoms with E-state index >= 15 is 0 Å². The van der Waals surface area contributed by atoms with E-state index in [1.54, 1.807) is 8.81 Å². The van der Waals surface area contributed by atoms with Crippen LogP contribution < -0.4 is 0 Å². The summed E-state index contributed by atoms with van der Waals surface area (Å²) < 4.78 is 3.17. The average Bonchev–Trinajstić information content (AvgIpc) is 3.07. The fourth-order valence-corrected chi connectivity index (χ4v) is 13.4. The van der Waals surface area contributed by atoms with Crippen molar-refractivity contribution in [3.05, 3.63) is 143 Å². The van der Waals surface area contributed by atoms with Crippen molar-refractivity contribution in [2.24, 2.45) is 0 Å². The van der Waals surface area contributed by atoms with Crippen LogP contribution in [0.1, 0.15) is 33.4 Å². The molecule has 0 saturated heterocycles. The third-order valence-corrected chi connectivity index (χ3v) is 14.2. The quantitative estimate of drug-likeness (QED) is 0.253. The van der Waals surface area contributed by atoms with Crippen molar-refractivity contribution in [1.82, 2.24) is 0 Å². The second-order valence-corrected chi connectivity index (χ2v) is 18.5. The van der Waals surface area contributed by atoms with Gasteiger partial charge in [0.1, 0.15) is 0 Å². The molecule has 0 atom stereocenters. The van der Waals surface area contributed by atoms with Crippen LogP contribution in [-0.2, 0) is 0 Å². The fourth-order valence-electron chi connectivity index (χ4n) is 5.40. The average molecular weight is 487 g/mol. The minimum absolute atomic E-state index is 1.31. The van der Waals surface area contributed by atoms with Crippen LogP contribution in [0.2, 0.25) is 11.5 Å². The van der Waals surface area contributed by atoms with Crippen LogP contribution in [0.15, 0.2) is 109 Å². The van der Waals surface area contributed by atoms with E-state index in [9.17, 15) is 0 Å². The molecule has 1 aliphatic heterocycles. The number of benzene rings is 4. The van der Waals surface area contributed by atoms with Gasteiger partial charge in [0, 0.05) is 0 Å². The van der Waals surface area contributed by atoms with Gasteiger partial charge in [0.15, 0.2) is 0 Å². The zero-order valence-electron chi connectivity index (χ0n) is 19.9.